The molecule has 1 fully saturated rings. The molecule has 2 N–H and O–H groups in total. The van der Waals surface area contributed by atoms with E-state index in [9.17, 15) is 0 Å². The summed E-state index contributed by atoms with van der Waals surface area (Å²) in [4.78, 5) is 0. The molecule has 2 heterocycles. The SMILES string of the molecule is Nc1nn(CC2CCCOC2)cc1Cl. The smallest absolute Gasteiger partial charge is 0.164 e. The molecule has 78 valence electrons. The minimum absolute atomic E-state index is 0.406. The van der Waals surface area contributed by atoms with E-state index in [0.717, 1.165) is 26.2 Å². The number of hydrogen-bond acceptors (Lipinski definition) is 3. The molecule has 0 spiro atoms. The van der Waals surface area contributed by atoms with E-state index in [2.05, 4.69) is 5.10 Å². The van der Waals surface area contributed by atoms with Gasteiger partial charge in [-0.2, -0.15) is 5.10 Å². The second-order valence-electron chi connectivity index (χ2n) is 3.67. The van der Waals surface area contributed by atoms with Crippen LogP contribution in [-0.4, -0.2) is 23.0 Å². The van der Waals surface area contributed by atoms with Gasteiger partial charge in [-0.25, -0.2) is 0 Å². The lowest BCUT2D eigenvalue weighted by Crippen LogP contribution is -2.22. The first-order valence-electron chi connectivity index (χ1n) is 4.82. The average molecular weight is 216 g/mol. The van der Waals surface area contributed by atoms with E-state index >= 15 is 0 Å². The van der Waals surface area contributed by atoms with Crippen molar-refractivity contribution in [1.29, 1.82) is 0 Å². The predicted molar refractivity (Wildman–Crippen MR) is 55.2 cm³/mol. The van der Waals surface area contributed by atoms with Gasteiger partial charge in [-0.15, -0.1) is 0 Å². The van der Waals surface area contributed by atoms with Crippen LogP contribution in [0.4, 0.5) is 5.82 Å². The highest BCUT2D eigenvalue weighted by Gasteiger charge is 2.15. The summed E-state index contributed by atoms with van der Waals surface area (Å²) in [5.74, 6) is 0.947. The van der Waals surface area contributed by atoms with E-state index in [4.69, 9.17) is 22.1 Å². The molecule has 1 aliphatic heterocycles. The van der Waals surface area contributed by atoms with Gasteiger partial charge in [0.25, 0.3) is 0 Å². The number of rotatable bonds is 2. The van der Waals surface area contributed by atoms with Gasteiger partial charge < -0.3 is 10.5 Å². The fraction of sp³-hybridized carbons (Fsp3) is 0.667. The largest absolute Gasteiger partial charge is 0.381 e. The Morgan fingerprint density at radius 1 is 1.71 bits per heavy atom. The Labute approximate surface area is 88.0 Å². The van der Waals surface area contributed by atoms with Gasteiger partial charge in [0.05, 0.1) is 6.61 Å². The number of anilines is 1. The molecule has 0 amide bonds. The van der Waals surface area contributed by atoms with Crippen molar-refractivity contribution in [2.75, 3.05) is 18.9 Å². The van der Waals surface area contributed by atoms with Gasteiger partial charge in [-0.3, -0.25) is 4.68 Å². The van der Waals surface area contributed by atoms with E-state index in [1.165, 1.54) is 6.42 Å². The zero-order valence-electron chi connectivity index (χ0n) is 7.95. The molecule has 1 saturated heterocycles. The molecule has 2 rings (SSSR count). The van der Waals surface area contributed by atoms with Gasteiger partial charge in [0, 0.05) is 25.3 Å². The van der Waals surface area contributed by atoms with Crippen LogP contribution >= 0.6 is 11.6 Å². The highest BCUT2D eigenvalue weighted by molar-refractivity contribution is 6.32. The zero-order valence-corrected chi connectivity index (χ0v) is 8.70. The highest BCUT2D eigenvalue weighted by atomic mass is 35.5. The molecule has 0 saturated carbocycles. The first-order valence-corrected chi connectivity index (χ1v) is 5.19. The molecule has 4 nitrogen and oxygen atoms in total. The Balaban J connectivity index is 1.95. The van der Waals surface area contributed by atoms with Crippen LogP contribution in [0.5, 0.6) is 0 Å². The summed E-state index contributed by atoms with van der Waals surface area (Å²) in [5, 5.41) is 4.64. The van der Waals surface area contributed by atoms with Gasteiger partial charge in [0.15, 0.2) is 5.82 Å². The summed E-state index contributed by atoms with van der Waals surface area (Å²) in [6.45, 7) is 2.55. The number of nitrogens with two attached hydrogens (primary N) is 1. The van der Waals surface area contributed by atoms with Crippen molar-refractivity contribution >= 4 is 17.4 Å². The Morgan fingerprint density at radius 2 is 2.57 bits per heavy atom. The van der Waals surface area contributed by atoms with Crippen molar-refractivity contribution in [2.24, 2.45) is 5.92 Å². The minimum atomic E-state index is 0.406. The summed E-state index contributed by atoms with van der Waals surface area (Å²) in [6, 6.07) is 0. The molecule has 0 radical (unpaired) electrons. The van der Waals surface area contributed by atoms with Gasteiger partial charge >= 0.3 is 0 Å². The first-order chi connectivity index (χ1) is 6.75. The zero-order chi connectivity index (χ0) is 9.97. The lowest BCUT2D eigenvalue weighted by atomic mass is 10.0. The summed E-state index contributed by atoms with van der Waals surface area (Å²) in [6.07, 6.45) is 4.10. The standard InChI is InChI=1S/C9H14ClN3O/c10-8-5-13(12-9(8)11)4-7-2-1-3-14-6-7/h5,7H,1-4,6H2,(H2,11,12). The van der Waals surface area contributed by atoms with E-state index in [1.54, 1.807) is 10.9 Å². The van der Waals surface area contributed by atoms with Crippen molar-refractivity contribution in [3.63, 3.8) is 0 Å². The lowest BCUT2D eigenvalue weighted by molar-refractivity contribution is 0.0470. The molecule has 5 heteroatoms. The second-order valence-corrected chi connectivity index (χ2v) is 4.07. The van der Waals surface area contributed by atoms with E-state index < -0.39 is 0 Å². The molecular formula is C9H14ClN3O. The van der Waals surface area contributed by atoms with Crippen LogP contribution in [0.3, 0.4) is 0 Å². The van der Waals surface area contributed by atoms with Crippen molar-refractivity contribution in [2.45, 2.75) is 19.4 Å². The molecule has 0 bridgehead atoms. The third-order valence-corrected chi connectivity index (χ3v) is 2.73. The van der Waals surface area contributed by atoms with Crippen LogP contribution in [0.15, 0.2) is 6.20 Å². The fourth-order valence-corrected chi connectivity index (χ4v) is 1.87. The van der Waals surface area contributed by atoms with Crippen molar-refractivity contribution < 1.29 is 4.74 Å². The molecule has 0 aliphatic carbocycles. The van der Waals surface area contributed by atoms with Gasteiger partial charge in [0.1, 0.15) is 5.02 Å². The van der Waals surface area contributed by atoms with E-state index in [1.807, 2.05) is 0 Å². The van der Waals surface area contributed by atoms with Crippen LogP contribution < -0.4 is 5.73 Å². The van der Waals surface area contributed by atoms with Crippen LogP contribution in [-0.2, 0) is 11.3 Å². The van der Waals surface area contributed by atoms with Crippen molar-refractivity contribution in [3.8, 4) is 0 Å². The molecule has 1 aliphatic rings. The normalized spacial score (nSPS) is 22.5. The number of nitrogen functional groups attached to an aromatic ring is 1. The maximum atomic E-state index is 5.81. The third kappa shape index (κ3) is 2.19. The molecule has 14 heavy (non-hydrogen) atoms. The molecule has 0 aromatic carbocycles. The molecule has 1 aromatic heterocycles. The number of aromatic nitrogens is 2. The minimum Gasteiger partial charge on any atom is -0.381 e. The Bertz CT molecular complexity index is 288. The van der Waals surface area contributed by atoms with Gasteiger partial charge in [-0.05, 0) is 12.8 Å². The predicted octanol–water partition coefficient (Wildman–Crippen LogP) is 1.55. The van der Waals surface area contributed by atoms with Gasteiger partial charge in [0.2, 0.25) is 0 Å². The molecule has 1 atom stereocenters. The first kappa shape index (κ1) is 9.80. The average Bonchev–Trinajstić information content (AvgIpc) is 2.47. The van der Waals surface area contributed by atoms with Crippen LogP contribution in [0.1, 0.15) is 12.8 Å². The monoisotopic (exact) mass is 215 g/mol. The van der Waals surface area contributed by atoms with E-state index in [0.29, 0.717) is 16.8 Å². The summed E-state index contributed by atoms with van der Waals surface area (Å²) >= 11 is 5.81. The Kier molecular flexibility index (Phi) is 2.93. The molecule has 1 unspecified atom stereocenters. The Morgan fingerprint density at radius 3 is 3.14 bits per heavy atom. The maximum absolute atomic E-state index is 5.81. The number of halogens is 1. The quantitative estimate of drug-likeness (QED) is 0.815. The number of ether oxygens (including phenoxy) is 1. The third-order valence-electron chi connectivity index (χ3n) is 2.44. The topological polar surface area (TPSA) is 53.1 Å². The summed E-state index contributed by atoms with van der Waals surface area (Å²) in [5.41, 5.74) is 5.55. The summed E-state index contributed by atoms with van der Waals surface area (Å²) < 4.78 is 7.19. The molecule has 1 aromatic rings. The van der Waals surface area contributed by atoms with Crippen LogP contribution in [0.2, 0.25) is 5.02 Å². The maximum Gasteiger partial charge on any atom is 0.164 e. The van der Waals surface area contributed by atoms with E-state index in [-0.39, 0.29) is 0 Å². The summed E-state index contributed by atoms with van der Waals surface area (Å²) in [7, 11) is 0. The Hall–Kier alpha value is -0.740. The number of hydrogen-bond donors (Lipinski definition) is 1. The fourth-order valence-electron chi connectivity index (χ4n) is 1.72. The van der Waals surface area contributed by atoms with Gasteiger partial charge in [-0.1, -0.05) is 11.6 Å². The highest BCUT2D eigenvalue weighted by Crippen LogP contribution is 2.19. The van der Waals surface area contributed by atoms with Crippen LogP contribution in [0.25, 0.3) is 0 Å². The van der Waals surface area contributed by atoms with Crippen LogP contribution in [0, 0.1) is 5.92 Å². The second kappa shape index (κ2) is 4.19. The van der Waals surface area contributed by atoms with Crippen molar-refractivity contribution in [1.82, 2.24) is 9.78 Å². The molecular weight excluding hydrogens is 202 g/mol. The van der Waals surface area contributed by atoms with Crippen molar-refractivity contribution in [3.05, 3.63) is 11.2 Å². The number of nitrogens with zero attached hydrogens (tertiary/aromatic N) is 2. The lowest BCUT2D eigenvalue weighted by Gasteiger charge is -2.21.